The SMILES string of the molecule is O=c1cc(-c2cccnc2)nc(C2CCNC2)[nH]1. The summed E-state index contributed by atoms with van der Waals surface area (Å²) in [6.07, 6.45) is 4.44. The van der Waals surface area contributed by atoms with E-state index in [4.69, 9.17) is 0 Å². The lowest BCUT2D eigenvalue weighted by Gasteiger charge is -2.09. The minimum atomic E-state index is -0.106. The molecule has 2 N–H and O–H groups in total. The standard InChI is InChI=1S/C13H14N4O/c18-12-6-11(9-2-1-4-14-7-9)16-13(17-12)10-3-5-15-8-10/h1-2,4,6-7,10,15H,3,5,8H2,(H,16,17,18). The third-order valence-corrected chi connectivity index (χ3v) is 3.16. The van der Waals surface area contributed by atoms with Gasteiger partial charge in [-0.2, -0.15) is 0 Å². The molecule has 5 heteroatoms. The Kier molecular flexibility index (Phi) is 2.90. The summed E-state index contributed by atoms with van der Waals surface area (Å²) >= 11 is 0. The molecule has 0 amide bonds. The molecule has 92 valence electrons. The molecule has 2 aromatic heterocycles. The van der Waals surface area contributed by atoms with Crippen molar-refractivity contribution in [2.24, 2.45) is 0 Å². The first-order valence-electron chi connectivity index (χ1n) is 6.05. The molecule has 1 aliphatic heterocycles. The van der Waals surface area contributed by atoms with Crippen molar-refractivity contribution in [3.05, 3.63) is 46.8 Å². The van der Waals surface area contributed by atoms with E-state index in [1.807, 2.05) is 12.1 Å². The molecule has 1 saturated heterocycles. The topological polar surface area (TPSA) is 70.7 Å². The van der Waals surface area contributed by atoms with Gasteiger partial charge >= 0.3 is 0 Å². The Balaban J connectivity index is 2.03. The Labute approximate surface area is 104 Å². The molecule has 0 aliphatic carbocycles. The average Bonchev–Trinajstić information content (AvgIpc) is 2.93. The Hall–Kier alpha value is -2.01. The fraction of sp³-hybridized carbons (Fsp3) is 0.308. The predicted octanol–water partition coefficient (Wildman–Crippen LogP) is 0.909. The highest BCUT2D eigenvalue weighted by atomic mass is 16.1. The van der Waals surface area contributed by atoms with Crippen LogP contribution in [0, 0.1) is 0 Å². The van der Waals surface area contributed by atoms with Crippen LogP contribution in [0.5, 0.6) is 0 Å². The van der Waals surface area contributed by atoms with Gasteiger partial charge in [0.15, 0.2) is 0 Å². The van der Waals surface area contributed by atoms with Crippen LogP contribution < -0.4 is 10.9 Å². The third-order valence-electron chi connectivity index (χ3n) is 3.16. The summed E-state index contributed by atoms with van der Waals surface area (Å²) in [5, 5.41) is 3.28. The maximum atomic E-state index is 11.7. The van der Waals surface area contributed by atoms with Crippen molar-refractivity contribution < 1.29 is 0 Å². The number of aromatic amines is 1. The monoisotopic (exact) mass is 242 g/mol. The van der Waals surface area contributed by atoms with Gasteiger partial charge in [-0.1, -0.05) is 0 Å². The summed E-state index contributed by atoms with van der Waals surface area (Å²) in [6, 6.07) is 5.27. The van der Waals surface area contributed by atoms with Gasteiger partial charge in [-0.15, -0.1) is 0 Å². The number of pyridine rings is 1. The van der Waals surface area contributed by atoms with Crippen molar-refractivity contribution in [2.45, 2.75) is 12.3 Å². The highest BCUT2D eigenvalue weighted by molar-refractivity contribution is 5.56. The second-order valence-corrected chi connectivity index (χ2v) is 4.45. The van der Waals surface area contributed by atoms with Crippen molar-refractivity contribution >= 4 is 0 Å². The molecule has 1 atom stereocenters. The largest absolute Gasteiger partial charge is 0.316 e. The van der Waals surface area contributed by atoms with E-state index in [1.54, 1.807) is 12.4 Å². The number of hydrogen-bond donors (Lipinski definition) is 2. The molecule has 0 radical (unpaired) electrons. The zero-order valence-corrected chi connectivity index (χ0v) is 9.89. The van der Waals surface area contributed by atoms with Crippen LogP contribution in [0.1, 0.15) is 18.2 Å². The van der Waals surface area contributed by atoms with Gasteiger partial charge < -0.3 is 10.3 Å². The van der Waals surface area contributed by atoms with Crippen LogP contribution in [0.25, 0.3) is 11.3 Å². The molecule has 3 heterocycles. The molecule has 2 aromatic rings. The van der Waals surface area contributed by atoms with Crippen LogP contribution >= 0.6 is 0 Å². The van der Waals surface area contributed by atoms with Crippen LogP contribution in [0.2, 0.25) is 0 Å². The Morgan fingerprint density at radius 1 is 1.39 bits per heavy atom. The second kappa shape index (κ2) is 4.70. The van der Waals surface area contributed by atoms with Crippen LogP contribution in [-0.2, 0) is 0 Å². The number of rotatable bonds is 2. The summed E-state index contributed by atoms with van der Waals surface area (Å²) in [5.41, 5.74) is 1.45. The smallest absolute Gasteiger partial charge is 0.251 e. The zero-order chi connectivity index (χ0) is 12.4. The Bertz CT molecular complexity index is 587. The van der Waals surface area contributed by atoms with E-state index in [0.29, 0.717) is 11.6 Å². The van der Waals surface area contributed by atoms with E-state index < -0.39 is 0 Å². The van der Waals surface area contributed by atoms with Crippen molar-refractivity contribution in [3.8, 4) is 11.3 Å². The normalized spacial score (nSPS) is 19.0. The zero-order valence-electron chi connectivity index (χ0n) is 9.89. The first-order chi connectivity index (χ1) is 8.83. The fourth-order valence-electron chi connectivity index (χ4n) is 2.22. The molecule has 5 nitrogen and oxygen atoms in total. The third kappa shape index (κ3) is 2.17. The molecule has 0 bridgehead atoms. The van der Waals surface area contributed by atoms with Crippen LogP contribution in [-0.4, -0.2) is 28.0 Å². The van der Waals surface area contributed by atoms with Crippen molar-refractivity contribution in [3.63, 3.8) is 0 Å². The second-order valence-electron chi connectivity index (χ2n) is 4.45. The fourth-order valence-corrected chi connectivity index (χ4v) is 2.22. The lowest BCUT2D eigenvalue weighted by molar-refractivity contribution is 0.698. The van der Waals surface area contributed by atoms with Crippen LogP contribution in [0.15, 0.2) is 35.4 Å². The summed E-state index contributed by atoms with van der Waals surface area (Å²) in [6.45, 7) is 1.85. The van der Waals surface area contributed by atoms with Gasteiger partial charge in [-0.3, -0.25) is 9.78 Å². The summed E-state index contributed by atoms with van der Waals surface area (Å²) in [5.74, 6) is 1.07. The summed E-state index contributed by atoms with van der Waals surface area (Å²) in [4.78, 5) is 23.1. The molecule has 0 spiro atoms. The molecule has 0 aromatic carbocycles. The molecule has 18 heavy (non-hydrogen) atoms. The van der Waals surface area contributed by atoms with E-state index in [-0.39, 0.29) is 5.56 Å². The first kappa shape index (κ1) is 11.1. The van der Waals surface area contributed by atoms with Gasteiger partial charge in [0.25, 0.3) is 5.56 Å². The molecule has 1 unspecified atom stereocenters. The van der Waals surface area contributed by atoms with E-state index >= 15 is 0 Å². The van der Waals surface area contributed by atoms with E-state index in [0.717, 1.165) is 30.9 Å². The molecular formula is C13H14N4O. The number of aromatic nitrogens is 3. The van der Waals surface area contributed by atoms with Crippen LogP contribution in [0.4, 0.5) is 0 Å². The summed E-state index contributed by atoms with van der Waals surface area (Å²) in [7, 11) is 0. The maximum Gasteiger partial charge on any atom is 0.251 e. The van der Waals surface area contributed by atoms with E-state index in [9.17, 15) is 4.79 Å². The molecule has 1 fully saturated rings. The van der Waals surface area contributed by atoms with Gasteiger partial charge in [0.05, 0.1) is 5.69 Å². The molecular weight excluding hydrogens is 228 g/mol. The quantitative estimate of drug-likeness (QED) is 0.821. The number of hydrogen-bond acceptors (Lipinski definition) is 4. The van der Waals surface area contributed by atoms with Crippen molar-refractivity contribution in [1.82, 2.24) is 20.3 Å². The van der Waals surface area contributed by atoms with Gasteiger partial charge in [-0.05, 0) is 25.1 Å². The van der Waals surface area contributed by atoms with Gasteiger partial charge in [0.2, 0.25) is 0 Å². The molecule has 1 aliphatic rings. The predicted molar refractivity (Wildman–Crippen MR) is 68.3 cm³/mol. The van der Waals surface area contributed by atoms with E-state index in [1.165, 1.54) is 6.07 Å². The first-order valence-corrected chi connectivity index (χ1v) is 6.05. The minimum Gasteiger partial charge on any atom is -0.316 e. The molecule has 3 rings (SSSR count). The van der Waals surface area contributed by atoms with Gasteiger partial charge in [0, 0.05) is 36.5 Å². The number of nitrogens with zero attached hydrogens (tertiary/aromatic N) is 2. The lowest BCUT2D eigenvalue weighted by Crippen LogP contribution is -2.16. The maximum absolute atomic E-state index is 11.7. The Morgan fingerprint density at radius 2 is 2.33 bits per heavy atom. The number of nitrogens with one attached hydrogen (secondary N) is 2. The van der Waals surface area contributed by atoms with E-state index in [2.05, 4.69) is 20.3 Å². The Morgan fingerprint density at radius 3 is 3.06 bits per heavy atom. The average molecular weight is 242 g/mol. The van der Waals surface area contributed by atoms with Crippen LogP contribution in [0.3, 0.4) is 0 Å². The van der Waals surface area contributed by atoms with Gasteiger partial charge in [-0.25, -0.2) is 4.98 Å². The lowest BCUT2D eigenvalue weighted by atomic mass is 10.1. The summed E-state index contributed by atoms with van der Waals surface area (Å²) < 4.78 is 0. The molecule has 0 saturated carbocycles. The van der Waals surface area contributed by atoms with Gasteiger partial charge in [0.1, 0.15) is 5.82 Å². The number of H-pyrrole nitrogens is 1. The highest BCUT2D eigenvalue weighted by Gasteiger charge is 2.19. The highest BCUT2D eigenvalue weighted by Crippen LogP contribution is 2.20. The van der Waals surface area contributed by atoms with Crippen molar-refractivity contribution in [2.75, 3.05) is 13.1 Å². The minimum absolute atomic E-state index is 0.106. The van der Waals surface area contributed by atoms with Crippen molar-refractivity contribution in [1.29, 1.82) is 0 Å².